The van der Waals surface area contributed by atoms with Crippen molar-refractivity contribution in [3.05, 3.63) is 10.4 Å². The number of hydrogen-bond donors (Lipinski definition) is 4. The van der Waals surface area contributed by atoms with Crippen molar-refractivity contribution in [3.8, 4) is 0 Å². The molecular formula is C9H17N3O6. The fourth-order valence-electron chi connectivity index (χ4n) is 1.58. The summed E-state index contributed by atoms with van der Waals surface area (Å²) < 4.78 is 10.3. The van der Waals surface area contributed by atoms with Crippen LogP contribution in [0.3, 0.4) is 0 Å². The molecule has 4 N–H and O–H groups in total. The Balaban J connectivity index is 2.41. The van der Waals surface area contributed by atoms with E-state index in [0.29, 0.717) is 6.42 Å². The molecule has 0 radical (unpaired) electrons. The molecule has 1 heterocycles. The predicted octanol–water partition coefficient (Wildman–Crippen LogP) is -1.50. The van der Waals surface area contributed by atoms with Gasteiger partial charge in [-0.2, -0.15) is 0 Å². The Morgan fingerprint density at radius 3 is 2.56 bits per heavy atom. The van der Waals surface area contributed by atoms with Crippen molar-refractivity contribution < 1.29 is 29.9 Å². The lowest BCUT2D eigenvalue weighted by molar-refractivity contribution is -0.301. The molecule has 9 heteroatoms. The monoisotopic (exact) mass is 263 g/mol. The SMILES string of the molecule is [N-]=[N+]=NCCCO[C@H]1O[C@H](CO)[C@@H](O)[C@H](O)[C@@H]1O. The van der Waals surface area contributed by atoms with Gasteiger partial charge in [0, 0.05) is 18.1 Å². The number of aliphatic hydroxyl groups is 4. The first-order valence-electron chi connectivity index (χ1n) is 5.54. The molecular weight excluding hydrogens is 246 g/mol. The molecule has 1 aliphatic heterocycles. The minimum absolute atomic E-state index is 0.154. The van der Waals surface area contributed by atoms with Gasteiger partial charge in [0.2, 0.25) is 0 Å². The third-order valence-corrected chi connectivity index (χ3v) is 2.60. The molecule has 0 unspecified atom stereocenters. The van der Waals surface area contributed by atoms with Gasteiger partial charge in [0.25, 0.3) is 0 Å². The van der Waals surface area contributed by atoms with Gasteiger partial charge in [-0.3, -0.25) is 0 Å². The predicted molar refractivity (Wildman–Crippen MR) is 58.3 cm³/mol. The van der Waals surface area contributed by atoms with Crippen LogP contribution in [0.15, 0.2) is 5.11 Å². The largest absolute Gasteiger partial charge is 0.394 e. The van der Waals surface area contributed by atoms with E-state index in [2.05, 4.69) is 10.0 Å². The van der Waals surface area contributed by atoms with Gasteiger partial charge < -0.3 is 29.9 Å². The second-order valence-electron chi connectivity index (χ2n) is 3.88. The van der Waals surface area contributed by atoms with Crippen LogP contribution in [-0.4, -0.2) is 70.9 Å². The van der Waals surface area contributed by atoms with Gasteiger partial charge in [0.15, 0.2) is 6.29 Å². The van der Waals surface area contributed by atoms with E-state index in [4.69, 9.17) is 20.1 Å². The first kappa shape index (κ1) is 15.1. The number of rotatable bonds is 6. The van der Waals surface area contributed by atoms with Gasteiger partial charge in [0.05, 0.1) is 6.61 Å². The minimum atomic E-state index is -1.45. The van der Waals surface area contributed by atoms with E-state index in [1.165, 1.54) is 0 Å². The molecule has 0 aliphatic carbocycles. The van der Waals surface area contributed by atoms with Crippen LogP contribution in [-0.2, 0) is 9.47 Å². The van der Waals surface area contributed by atoms with E-state index < -0.39 is 37.3 Å². The molecule has 0 aromatic rings. The van der Waals surface area contributed by atoms with Crippen LogP contribution in [0.1, 0.15) is 6.42 Å². The molecule has 1 saturated heterocycles. The molecule has 0 aromatic heterocycles. The van der Waals surface area contributed by atoms with Gasteiger partial charge in [-0.25, -0.2) is 0 Å². The Hall–Kier alpha value is -0.930. The van der Waals surface area contributed by atoms with Crippen LogP contribution in [0.2, 0.25) is 0 Å². The fraction of sp³-hybridized carbons (Fsp3) is 1.00. The average Bonchev–Trinajstić information content (AvgIpc) is 2.38. The molecule has 0 bridgehead atoms. The maximum Gasteiger partial charge on any atom is 0.186 e. The van der Waals surface area contributed by atoms with E-state index in [1.54, 1.807) is 0 Å². The Kier molecular flexibility index (Phi) is 6.30. The molecule has 1 rings (SSSR count). The quantitative estimate of drug-likeness (QED) is 0.198. The Morgan fingerprint density at radius 2 is 1.94 bits per heavy atom. The molecule has 0 amide bonds. The lowest BCUT2D eigenvalue weighted by atomic mass is 9.99. The summed E-state index contributed by atoms with van der Waals surface area (Å²) in [5.41, 5.74) is 8.05. The van der Waals surface area contributed by atoms with Crippen molar-refractivity contribution >= 4 is 0 Å². The third-order valence-electron chi connectivity index (χ3n) is 2.60. The number of azide groups is 1. The van der Waals surface area contributed by atoms with E-state index in [-0.39, 0.29) is 13.2 Å². The maximum atomic E-state index is 9.60. The van der Waals surface area contributed by atoms with E-state index >= 15 is 0 Å². The molecule has 104 valence electrons. The maximum absolute atomic E-state index is 9.60. The first-order chi connectivity index (χ1) is 8.61. The Labute approximate surface area is 103 Å². The molecule has 9 nitrogen and oxygen atoms in total. The van der Waals surface area contributed by atoms with Crippen molar-refractivity contribution in [3.63, 3.8) is 0 Å². The summed E-state index contributed by atoms with van der Waals surface area (Å²) in [6.07, 6.45) is -5.93. The Bertz CT molecular complexity index is 296. The van der Waals surface area contributed by atoms with Crippen LogP contribution >= 0.6 is 0 Å². The van der Waals surface area contributed by atoms with Gasteiger partial charge in [-0.1, -0.05) is 5.11 Å². The average molecular weight is 263 g/mol. The lowest BCUT2D eigenvalue weighted by Gasteiger charge is -2.39. The van der Waals surface area contributed by atoms with E-state index in [9.17, 15) is 15.3 Å². The summed E-state index contributed by atoms with van der Waals surface area (Å²) in [6, 6.07) is 0. The summed E-state index contributed by atoms with van der Waals surface area (Å²) in [7, 11) is 0. The van der Waals surface area contributed by atoms with Crippen LogP contribution in [0, 0.1) is 0 Å². The fourth-order valence-corrected chi connectivity index (χ4v) is 1.58. The summed E-state index contributed by atoms with van der Waals surface area (Å²) in [5, 5.41) is 40.8. The van der Waals surface area contributed by atoms with Gasteiger partial charge in [-0.05, 0) is 12.0 Å². The number of aliphatic hydroxyl groups excluding tert-OH is 4. The molecule has 0 aromatic carbocycles. The van der Waals surface area contributed by atoms with Gasteiger partial charge >= 0.3 is 0 Å². The molecule has 1 aliphatic rings. The first-order valence-corrected chi connectivity index (χ1v) is 5.54. The number of ether oxygens (including phenoxy) is 2. The van der Waals surface area contributed by atoms with Crippen LogP contribution in [0.4, 0.5) is 0 Å². The van der Waals surface area contributed by atoms with Crippen molar-refractivity contribution in [1.29, 1.82) is 0 Å². The van der Waals surface area contributed by atoms with Crippen LogP contribution < -0.4 is 0 Å². The van der Waals surface area contributed by atoms with Crippen molar-refractivity contribution in [2.75, 3.05) is 19.8 Å². The highest BCUT2D eigenvalue weighted by atomic mass is 16.7. The highest BCUT2D eigenvalue weighted by Gasteiger charge is 2.43. The minimum Gasteiger partial charge on any atom is -0.394 e. The zero-order chi connectivity index (χ0) is 13.5. The van der Waals surface area contributed by atoms with Crippen LogP contribution in [0.5, 0.6) is 0 Å². The van der Waals surface area contributed by atoms with Crippen molar-refractivity contribution in [2.24, 2.45) is 5.11 Å². The molecule has 1 fully saturated rings. The summed E-state index contributed by atoms with van der Waals surface area (Å²) in [4.78, 5) is 2.56. The standard InChI is InChI=1S/C9H17N3O6/c10-12-11-2-1-3-17-9-8(16)7(15)6(14)5(4-13)18-9/h5-9,13-16H,1-4H2/t5-,6-,7+,8+,9+/m1/s1. The van der Waals surface area contributed by atoms with Gasteiger partial charge in [-0.15, -0.1) is 0 Å². The zero-order valence-corrected chi connectivity index (χ0v) is 9.66. The number of nitrogens with zero attached hydrogens (tertiary/aromatic N) is 3. The molecule has 18 heavy (non-hydrogen) atoms. The second-order valence-corrected chi connectivity index (χ2v) is 3.88. The van der Waals surface area contributed by atoms with Gasteiger partial charge in [0.1, 0.15) is 24.4 Å². The van der Waals surface area contributed by atoms with E-state index in [1.807, 2.05) is 0 Å². The second kappa shape index (κ2) is 7.49. The smallest absolute Gasteiger partial charge is 0.186 e. The Morgan fingerprint density at radius 1 is 1.22 bits per heavy atom. The molecule has 5 atom stereocenters. The van der Waals surface area contributed by atoms with Crippen molar-refractivity contribution in [1.82, 2.24) is 0 Å². The van der Waals surface area contributed by atoms with E-state index in [0.717, 1.165) is 0 Å². The zero-order valence-electron chi connectivity index (χ0n) is 9.66. The molecule has 0 spiro atoms. The number of hydrogen-bond acceptors (Lipinski definition) is 7. The normalized spacial score (nSPS) is 36.1. The third kappa shape index (κ3) is 3.79. The highest BCUT2D eigenvalue weighted by molar-refractivity contribution is 4.88. The topological polar surface area (TPSA) is 148 Å². The summed E-state index contributed by atoms with van der Waals surface area (Å²) in [5.74, 6) is 0. The highest BCUT2D eigenvalue weighted by Crippen LogP contribution is 2.21. The van der Waals surface area contributed by atoms with Crippen molar-refractivity contribution in [2.45, 2.75) is 37.1 Å². The molecule has 0 saturated carbocycles. The summed E-state index contributed by atoms with van der Waals surface area (Å²) >= 11 is 0. The lowest BCUT2D eigenvalue weighted by Crippen LogP contribution is -2.59. The van der Waals surface area contributed by atoms with Crippen LogP contribution in [0.25, 0.3) is 10.4 Å². The summed E-state index contributed by atoms with van der Waals surface area (Å²) in [6.45, 7) is -0.0981.